The van der Waals surface area contributed by atoms with E-state index in [4.69, 9.17) is 4.74 Å². The maximum absolute atomic E-state index is 11.9. The predicted molar refractivity (Wildman–Crippen MR) is 99.1 cm³/mol. The van der Waals surface area contributed by atoms with Gasteiger partial charge in [0.2, 0.25) is 5.91 Å². The highest BCUT2D eigenvalue weighted by molar-refractivity contribution is 5.90. The first-order chi connectivity index (χ1) is 12.3. The van der Waals surface area contributed by atoms with Crippen molar-refractivity contribution in [1.29, 1.82) is 0 Å². The summed E-state index contributed by atoms with van der Waals surface area (Å²) in [5, 5.41) is 6.00. The molecule has 0 saturated carbocycles. The van der Waals surface area contributed by atoms with Crippen molar-refractivity contribution < 1.29 is 9.53 Å². The first-order valence-corrected chi connectivity index (χ1v) is 8.05. The number of benzene rings is 2. The summed E-state index contributed by atoms with van der Waals surface area (Å²) in [4.78, 5) is 16.2. The quantitative estimate of drug-likeness (QED) is 0.679. The number of pyridine rings is 1. The van der Waals surface area contributed by atoms with Crippen molar-refractivity contribution in [2.75, 3.05) is 17.2 Å². The minimum absolute atomic E-state index is 0.110. The molecule has 0 bridgehead atoms. The number of hydrogen-bond acceptors (Lipinski definition) is 4. The summed E-state index contributed by atoms with van der Waals surface area (Å²) in [5.74, 6) is 1.37. The highest BCUT2D eigenvalue weighted by Crippen LogP contribution is 2.16. The summed E-state index contributed by atoms with van der Waals surface area (Å²) in [6.45, 7) is 0.330. The molecular weight excluding hydrogens is 314 g/mol. The van der Waals surface area contributed by atoms with Gasteiger partial charge in [-0.15, -0.1) is 0 Å². The lowest BCUT2D eigenvalue weighted by Crippen LogP contribution is -2.15. The van der Waals surface area contributed by atoms with Crippen LogP contribution >= 0.6 is 0 Å². The van der Waals surface area contributed by atoms with Gasteiger partial charge in [-0.1, -0.05) is 36.4 Å². The lowest BCUT2D eigenvalue weighted by molar-refractivity contribution is -0.116. The molecule has 1 amide bonds. The number of carbonyl (C=O) groups excluding carboxylic acids is 1. The number of nitrogens with zero attached hydrogens (tertiary/aromatic N) is 1. The molecule has 0 aliphatic heterocycles. The van der Waals surface area contributed by atoms with E-state index in [2.05, 4.69) is 15.6 Å². The van der Waals surface area contributed by atoms with Crippen LogP contribution in [-0.4, -0.2) is 17.5 Å². The van der Waals surface area contributed by atoms with Gasteiger partial charge < -0.3 is 15.4 Å². The van der Waals surface area contributed by atoms with E-state index in [1.807, 2.05) is 72.8 Å². The van der Waals surface area contributed by atoms with Gasteiger partial charge in [-0.05, 0) is 36.4 Å². The number of para-hydroxylation sites is 2. The van der Waals surface area contributed by atoms with Crippen LogP contribution in [0.15, 0.2) is 79.0 Å². The van der Waals surface area contributed by atoms with Crippen LogP contribution in [0.3, 0.4) is 0 Å². The zero-order valence-corrected chi connectivity index (χ0v) is 13.7. The van der Waals surface area contributed by atoms with Crippen LogP contribution in [0.25, 0.3) is 0 Å². The average Bonchev–Trinajstić information content (AvgIpc) is 2.65. The number of anilines is 3. The monoisotopic (exact) mass is 333 g/mol. The standard InChI is InChI=1S/C20H19N3O2/c24-20(13-14-25-18-9-5-2-6-10-18)23-17-11-12-19(21-15-17)22-16-7-3-1-4-8-16/h1-12,15H,13-14H2,(H,21,22)(H,23,24). The number of rotatable bonds is 7. The van der Waals surface area contributed by atoms with Crippen LogP contribution in [0.4, 0.5) is 17.2 Å². The molecule has 2 N–H and O–H groups in total. The fourth-order valence-corrected chi connectivity index (χ4v) is 2.21. The van der Waals surface area contributed by atoms with Crippen molar-refractivity contribution in [3.05, 3.63) is 79.0 Å². The lowest BCUT2D eigenvalue weighted by atomic mass is 10.3. The van der Waals surface area contributed by atoms with Crippen molar-refractivity contribution in [2.24, 2.45) is 0 Å². The van der Waals surface area contributed by atoms with E-state index in [-0.39, 0.29) is 12.3 Å². The second-order valence-corrected chi connectivity index (χ2v) is 5.38. The molecule has 0 fully saturated rings. The lowest BCUT2D eigenvalue weighted by Gasteiger charge is -2.08. The third-order valence-corrected chi connectivity index (χ3v) is 3.43. The molecule has 3 rings (SSSR count). The Bertz CT molecular complexity index is 790. The van der Waals surface area contributed by atoms with Crippen LogP contribution in [0.1, 0.15) is 6.42 Å². The molecule has 25 heavy (non-hydrogen) atoms. The SMILES string of the molecule is O=C(CCOc1ccccc1)Nc1ccc(Nc2ccccc2)nc1. The van der Waals surface area contributed by atoms with Gasteiger partial charge in [-0.2, -0.15) is 0 Å². The van der Waals surface area contributed by atoms with Gasteiger partial charge in [0.15, 0.2) is 0 Å². The Balaban J connectivity index is 1.45. The third-order valence-electron chi connectivity index (χ3n) is 3.43. The predicted octanol–water partition coefficient (Wildman–Crippen LogP) is 4.23. The highest BCUT2D eigenvalue weighted by Gasteiger charge is 2.04. The van der Waals surface area contributed by atoms with E-state index in [1.54, 1.807) is 6.20 Å². The van der Waals surface area contributed by atoms with Gasteiger partial charge in [-0.3, -0.25) is 4.79 Å². The third kappa shape index (κ3) is 5.35. The molecule has 2 aromatic carbocycles. The zero-order chi connectivity index (χ0) is 17.3. The summed E-state index contributed by atoms with van der Waals surface area (Å²) < 4.78 is 5.51. The second kappa shape index (κ2) is 8.49. The molecule has 1 aromatic heterocycles. The number of amides is 1. The molecule has 0 saturated heterocycles. The summed E-state index contributed by atoms with van der Waals surface area (Å²) in [6.07, 6.45) is 1.90. The van der Waals surface area contributed by atoms with E-state index >= 15 is 0 Å². The summed E-state index contributed by atoms with van der Waals surface area (Å²) in [6, 6.07) is 22.9. The second-order valence-electron chi connectivity index (χ2n) is 5.38. The van der Waals surface area contributed by atoms with Crippen molar-refractivity contribution in [2.45, 2.75) is 6.42 Å². The van der Waals surface area contributed by atoms with Crippen molar-refractivity contribution in [3.63, 3.8) is 0 Å². The molecule has 0 spiro atoms. The first kappa shape index (κ1) is 16.5. The van der Waals surface area contributed by atoms with E-state index in [0.717, 1.165) is 17.3 Å². The number of hydrogen-bond donors (Lipinski definition) is 2. The molecule has 1 heterocycles. The Morgan fingerprint density at radius 3 is 2.28 bits per heavy atom. The van der Waals surface area contributed by atoms with Gasteiger partial charge in [0.05, 0.1) is 24.9 Å². The summed E-state index contributed by atoms with van der Waals surface area (Å²) >= 11 is 0. The Hall–Kier alpha value is -3.34. The highest BCUT2D eigenvalue weighted by atomic mass is 16.5. The van der Waals surface area contributed by atoms with Crippen molar-refractivity contribution in [1.82, 2.24) is 4.98 Å². The molecule has 5 heteroatoms. The van der Waals surface area contributed by atoms with Gasteiger partial charge in [-0.25, -0.2) is 4.98 Å². The number of aromatic nitrogens is 1. The maximum Gasteiger partial charge on any atom is 0.227 e. The molecule has 0 aliphatic carbocycles. The maximum atomic E-state index is 11.9. The molecule has 126 valence electrons. The Morgan fingerprint density at radius 1 is 0.880 bits per heavy atom. The molecule has 0 aliphatic rings. The number of ether oxygens (including phenoxy) is 1. The molecule has 0 unspecified atom stereocenters. The van der Waals surface area contributed by atoms with Gasteiger partial charge in [0, 0.05) is 5.69 Å². The van der Waals surface area contributed by atoms with E-state index in [9.17, 15) is 4.79 Å². The Labute approximate surface area is 146 Å². The minimum atomic E-state index is -0.110. The molecule has 3 aromatic rings. The number of nitrogens with one attached hydrogen (secondary N) is 2. The molecular formula is C20H19N3O2. The summed E-state index contributed by atoms with van der Waals surface area (Å²) in [7, 11) is 0. The largest absolute Gasteiger partial charge is 0.493 e. The van der Waals surface area contributed by atoms with E-state index in [1.165, 1.54) is 0 Å². The van der Waals surface area contributed by atoms with Crippen molar-refractivity contribution in [3.8, 4) is 5.75 Å². The Kier molecular flexibility index (Phi) is 5.61. The average molecular weight is 333 g/mol. The minimum Gasteiger partial charge on any atom is -0.493 e. The molecule has 5 nitrogen and oxygen atoms in total. The zero-order valence-electron chi connectivity index (χ0n) is 13.7. The Morgan fingerprint density at radius 2 is 1.60 bits per heavy atom. The van der Waals surface area contributed by atoms with Crippen LogP contribution in [0.5, 0.6) is 5.75 Å². The number of carbonyl (C=O) groups is 1. The van der Waals surface area contributed by atoms with Crippen LogP contribution in [0.2, 0.25) is 0 Å². The van der Waals surface area contributed by atoms with E-state index in [0.29, 0.717) is 12.3 Å². The summed E-state index contributed by atoms with van der Waals surface area (Å²) in [5.41, 5.74) is 1.62. The topological polar surface area (TPSA) is 63.2 Å². The van der Waals surface area contributed by atoms with Gasteiger partial charge in [0.1, 0.15) is 11.6 Å². The van der Waals surface area contributed by atoms with Crippen LogP contribution in [-0.2, 0) is 4.79 Å². The van der Waals surface area contributed by atoms with E-state index < -0.39 is 0 Å². The fourth-order valence-electron chi connectivity index (χ4n) is 2.21. The van der Waals surface area contributed by atoms with Crippen LogP contribution < -0.4 is 15.4 Å². The van der Waals surface area contributed by atoms with Gasteiger partial charge in [0.25, 0.3) is 0 Å². The molecule has 0 radical (unpaired) electrons. The van der Waals surface area contributed by atoms with Gasteiger partial charge >= 0.3 is 0 Å². The smallest absolute Gasteiger partial charge is 0.227 e. The molecule has 0 atom stereocenters. The fraction of sp³-hybridized carbons (Fsp3) is 0.100. The first-order valence-electron chi connectivity index (χ1n) is 8.05. The normalized spacial score (nSPS) is 10.1. The van der Waals surface area contributed by atoms with Crippen LogP contribution in [0, 0.1) is 0 Å². The van der Waals surface area contributed by atoms with Crippen molar-refractivity contribution >= 4 is 23.1 Å².